The van der Waals surface area contributed by atoms with Gasteiger partial charge in [-0.25, -0.2) is 0 Å². The van der Waals surface area contributed by atoms with Gasteiger partial charge < -0.3 is 10.2 Å². The van der Waals surface area contributed by atoms with Gasteiger partial charge in [-0.1, -0.05) is 66.9 Å². The number of nitrogens with one attached hydrogen (secondary N) is 1. The van der Waals surface area contributed by atoms with E-state index in [2.05, 4.69) is 5.32 Å². The van der Waals surface area contributed by atoms with Crippen LogP contribution in [0.15, 0.2) is 54.6 Å². The smallest absolute Gasteiger partial charge is 0.242 e. The summed E-state index contributed by atoms with van der Waals surface area (Å²) < 4.78 is 0. The van der Waals surface area contributed by atoms with Gasteiger partial charge in [-0.05, 0) is 43.0 Å². The van der Waals surface area contributed by atoms with E-state index in [0.29, 0.717) is 17.3 Å². The molecule has 0 radical (unpaired) electrons. The second kappa shape index (κ2) is 11.4. The Morgan fingerprint density at radius 2 is 1.73 bits per heavy atom. The summed E-state index contributed by atoms with van der Waals surface area (Å²) in [5, 5.41) is 3.84. The van der Waals surface area contributed by atoms with E-state index in [9.17, 15) is 9.59 Å². The minimum atomic E-state index is -0.505. The molecular formula is C24H29ClN2O2S. The van der Waals surface area contributed by atoms with Crippen LogP contribution in [-0.2, 0) is 21.9 Å². The molecule has 1 aliphatic rings. The van der Waals surface area contributed by atoms with Crippen LogP contribution in [0.1, 0.15) is 43.7 Å². The molecular weight excluding hydrogens is 416 g/mol. The van der Waals surface area contributed by atoms with Crippen molar-refractivity contribution in [3.63, 3.8) is 0 Å². The summed E-state index contributed by atoms with van der Waals surface area (Å²) in [6, 6.07) is 17.2. The third kappa shape index (κ3) is 6.78. The Hall–Kier alpha value is -1.98. The number of nitrogens with zero attached hydrogens (tertiary/aromatic N) is 1. The molecule has 4 nitrogen and oxygen atoms in total. The Morgan fingerprint density at radius 1 is 1.07 bits per heavy atom. The molecule has 30 heavy (non-hydrogen) atoms. The summed E-state index contributed by atoms with van der Waals surface area (Å²) in [4.78, 5) is 27.6. The van der Waals surface area contributed by atoms with Crippen LogP contribution in [-0.4, -0.2) is 34.6 Å². The SMILES string of the molecule is C[C@@H](C(=O)NC1CCCC1)N(Cc1ccccc1)C(=O)CSCc1ccc(Cl)cc1. The molecule has 1 atom stereocenters. The van der Waals surface area contributed by atoms with Crippen LogP contribution in [0.4, 0.5) is 0 Å². The largest absolute Gasteiger partial charge is 0.352 e. The van der Waals surface area contributed by atoms with Crippen LogP contribution in [0.25, 0.3) is 0 Å². The first kappa shape index (κ1) is 22.7. The highest BCUT2D eigenvalue weighted by molar-refractivity contribution is 7.99. The van der Waals surface area contributed by atoms with Gasteiger partial charge in [-0.15, -0.1) is 11.8 Å². The molecule has 1 aliphatic carbocycles. The molecule has 0 saturated heterocycles. The number of hydrogen-bond donors (Lipinski definition) is 1. The molecule has 1 saturated carbocycles. The molecule has 0 aliphatic heterocycles. The number of halogens is 1. The van der Waals surface area contributed by atoms with Gasteiger partial charge in [0.05, 0.1) is 5.75 Å². The van der Waals surface area contributed by atoms with Crippen molar-refractivity contribution in [3.05, 3.63) is 70.7 Å². The van der Waals surface area contributed by atoms with E-state index >= 15 is 0 Å². The lowest BCUT2D eigenvalue weighted by atomic mass is 10.1. The summed E-state index contributed by atoms with van der Waals surface area (Å²) in [5.74, 6) is 0.974. The van der Waals surface area contributed by atoms with Crippen molar-refractivity contribution in [2.24, 2.45) is 0 Å². The first-order valence-electron chi connectivity index (χ1n) is 10.5. The first-order valence-corrected chi connectivity index (χ1v) is 12.0. The average Bonchev–Trinajstić information content (AvgIpc) is 3.26. The van der Waals surface area contributed by atoms with E-state index in [1.807, 2.05) is 61.5 Å². The zero-order chi connectivity index (χ0) is 21.3. The molecule has 2 aromatic rings. The number of carbonyl (C=O) groups excluding carboxylic acids is 2. The molecule has 160 valence electrons. The normalized spacial score (nSPS) is 15.0. The van der Waals surface area contributed by atoms with Crippen LogP contribution in [0.2, 0.25) is 5.02 Å². The van der Waals surface area contributed by atoms with Crippen LogP contribution >= 0.6 is 23.4 Å². The van der Waals surface area contributed by atoms with Gasteiger partial charge in [-0.3, -0.25) is 9.59 Å². The standard InChI is InChI=1S/C24H29ClN2O2S/c1-18(24(29)26-22-9-5-6-10-22)27(15-19-7-3-2-4-8-19)23(28)17-30-16-20-11-13-21(25)14-12-20/h2-4,7-8,11-14,18,22H,5-6,9-10,15-17H2,1H3,(H,26,29)/t18-/m0/s1. The molecule has 0 heterocycles. The number of thioether (sulfide) groups is 1. The summed E-state index contributed by atoms with van der Waals surface area (Å²) in [7, 11) is 0. The van der Waals surface area contributed by atoms with E-state index in [0.717, 1.165) is 42.6 Å². The van der Waals surface area contributed by atoms with Gasteiger partial charge in [0.2, 0.25) is 11.8 Å². The predicted octanol–water partition coefficient (Wildman–Crippen LogP) is 5.05. The van der Waals surface area contributed by atoms with Gasteiger partial charge >= 0.3 is 0 Å². The number of rotatable bonds is 9. The number of amides is 2. The van der Waals surface area contributed by atoms with Gasteiger partial charge in [0.1, 0.15) is 6.04 Å². The Bertz CT molecular complexity index is 823. The van der Waals surface area contributed by atoms with E-state index in [1.54, 1.807) is 16.7 Å². The summed E-state index contributed by atoms with van der Waals surface area (Å²) >= 11 is 7.49. The van der Waals surface area contributed by atoms with Crippen LogP contribution < -0.4 is 5.32 Å². The molecule has 2 aromatic carbocycles. The maximum Gasteiger partial charge on any atom is 0.242 e. The zero-order valence-electron chi connectivity index (χ0n) is 17.4. The third-order valence-electron chi connectivity index (χ3n) is 5.47. The van der Waals surface area contributed by atoms with E-state index in [1.165, 1.54) is 0 Å². The molecule has 2 amide bonds. The Labute approximate surface area is 188 Å². The minimum absolute atomic E-state index is 0.0214. The van der Waals surface area contributed by atoms with Crippen LogP contribution in [0.5, 0.6) is 0 Å². The Balaban J connectivity index is 1.62. The molecule has 6 heteroatoms. The van der Waals surface area contributed by atoms with Gasteiger partial charge in [-0.2, -0.15) is 0 Å². The Morgan fingerprint density at radius 3 is 2.40 bits per heavy atom. The molecule has 0 bridgehead atoms. The first-order chi connectivity index (χ1) is 14.5. The summed E-state index contributed by atoms with van der Waals surface area (Å²) in [6.07, 6.45) is 4.38. The fourth-order valence-corrected chi connectivity index (χ4v) is 4.67. The van der Waals surface area contributed by atoms with Crippen molar-refractivity contribution < 1.29 is 9.59 Å². The lowest BCUT2D eigenvalue weighted by Crippen LogP contribution is -2.50. The second-order valence-electron chi connectivity index (χ2n) is 7.79. The minimum Gasteiger partial charge on any atom is -0.352 e. The van der Waals surface area contributed by atoms with E-state index in [-0.39, 0.29) is 17.9 Å². The molecule has 0 spiro atoms. The maximum absolute atomic E-state index is 13.1. The molecule has 1 N–H and O–H groups in total. The fourth-order valence-electron chi connectivity index (χ4n) is 3.67. The Kier molecular flexibility index (Phi) is 8.64. The molecule has 0 unspecified atom stereocenters. The fraction of sp³-hybridized carbons (Fsp3) is 0.417. The van der Waals surface area contributed by atoms with E-state index < -0.39 is 6.04 Å². The second-order valence-corrected chi connectivity index (χ2v) is 9.21. The average molecular weight is 445 g/mol. The highest BCUT2D eigenvalue weighted by Crippen LogP contribution is 2.20. The highest BCUT2D eigenvalue weighted by atomic mass is 35.5. The van der Waals surface area contributed by atoms with Crippen molar-refractivity contribution >= 4 is 35.2 Å². The van der Waals surface area contributed by atoms with Gasteiger partial charge in [0.15, 0.2) is 0 Å². The van der Waals surface area contributed by atoms with Crippen molar-refractivity contribution in [3.8, 4) is 0 Å². The lowest BCUT2D eigenvalue weighted by molar-refractivity contribution is -0.138. The number of hydrogen-bond acceptors (Lipinski definition) is 3. The van der Waals surface area contributed by atoms with Gasteiger partial charge in [0, 0.05) is 23.4 Å². The molecule has 3 rings (SSSR count). The number of benzene rings is 2. The van der Waals surface area contributed by atoms with Crippen molar-refractivity contribution in [1.29, 1.82) is 0 Å². The van der Waals surface area contributed by atoms with Crippen molar-refractivity contribution in [2.45, 2.75) is 57.0 Å². The molecule has 1 fully saturated rings. The van der Waals surface area contributed by atoms with Gasteiger partial charge in [0.25, 0.3) is 0 Å². The maximum atomic E-state index is 13.1. The van der Waals surface area contributed by atoms with E-state index in [4.69, 9.17) is 11.6 Å². The molecule has 0 aromatic heterocycles. The quantitative estimate of drug-likeness (QED) is 0.588. The topological polar surface area (TPSA) is 49.4 Å². The summed E-state index contributed by atoms with van der Waals surface area (Å²) in [5.41, 5.74) is 2.15. The predicted molar refractivity (Wildman–Crippen MR) is 124 cm³/mol. The highest BCUT2D eigenvalue weighted by Gasteiger charge is 2.28. The summed E-state index contributed by atoms with van der Waals surface area (Å²) in [6.45, 7) is 2.26. The number of carbonyl (C=O) groups is 2. The zero-order valence-corrected chi connectivity index (χ0v) is 18.9. The van der Waals surface area contributed by atoms with Crippen molar-refractivity contribution in [1.82, 2.24) is 10.2 Å². The van der Waals surface area contributed by atoms with Crippen LogP contribution in [0.3, 0.4) is 0 Å². The third-order valence-corrected chi connectivity index (χ3v) is 6.71. The van der Waals surface area contributed by atoms with Crippen LogP contribution in [0, 0.1) is 0 Å². The van der Waals surface area contributed by atoms with Crippen molar-refractivity contribution in [2.75, 3.05) is 5.75 Å². The monoisotopic (exact) mass is 444 g/mol. The lowest BCUT2D eigenvalue weighted by Gasteiger charge is -2.29.